The molecule has 1 atom stereocenters. The summed E-state index contributed by atoms with van der Waals surface area (Å²) in [5, 5.41) is 0. The molecule has 16 heavy (non-hydrogen) atoms. The van der Waals surface area contributed by atoms with E-state index in [2.05, 4.69) is 49.5 Å². The van der Waals surface area contributed by atoms with Gasteiger partial charge in [-0.2, -0.15) is 0 Å². The summed E-state index contributed by atoms with van der Waals surface area (Å²) in [4.78, 5) is 0. The second kappa shape index (κ2) is 5.13. The van der Waals surface area contributed by atoms with Crippen molar-refractivity contribution >= 4 is 0 Å². The van der Waals surface area contributed by atoms with Crippen molar-refractivity contribution in [2.45, 2.75) is 19.8 Å². The summed E-state index contributed by atoms with van der Waals surface area (Å²) in [7, 11) is 0. The van der Waals surface area contributed by atoms with Crippen LogP contribution in [0.3, 0.4) is 0 Å². The lowest BCUT2D eigenvalue weighted by Gasteiger charge is -2.14. The summed E-state index contributed by atoms with van der Waals surface area (Å²) in [5.74, 6) is 0.535. The minimum absolute atomic E-state index is 0.535. The number of hydrogen-bond donors (Lipinski definition) is 1. The standard InChI is InChI=1S/C15H19N/c1-12-3-2-4-14(8-5-12)15-9-6-13(11-16)7-10-15/h2-6,8-9,12H,7,10-11,16H2,1H3. The molecule has 0 aromatic carbocycles. The van der Waals surface area contributed by atoms with Gasteiger partial charge < -0.3 is 5.73 Å². The molecule has 0 radical (unpaired) electrons. The van der Waals surface area contributed by atoms with Crippen molar-refractivity contribution in [3.05, 3.63) is 59.3 Å². The molecule has 0 saturated carbocycles. The van der Waals surface area contributed by atoms with E-state index in [1.165, 1.54) is 16.7 Å². The number of allylic oxidation sites excluding steroid dienone is 9. The average molecular weight is 213 g/mol. The Morgan fingerprint density at radius 3 is 2.75 bits per heavy atom. The quantitative estimate of drug-likeness (QED) is 0.748. The molecule has 2 aliphatic rings. The fourth-order valence-corrected chi connectivity index (χ4v) is 2.01. The van der Waals surface area contributed by atoms with E-state index in [-0.39, 0.29) is 0 Å². The predicted molar refractivity (Wildman–Crippen MR) is 70.0 cm³/mol. The Hall–Kier alpha value is -1.34. The van der Waals surface area contributed by atoms with Crippen molar-refractivity contribution in [1.29, 1.82) is 0 Å². The van der Waals surface area contributed by atoms with Crippen molar-refractivity contribution in [2.75, 3.05) is 6.54 Å². The summed E-state index contributed by atoms with van der Waals surface area (Å²) in [6.45, 7) is 2.89. The summed E-state index contributed by atoms with van der Waals surface area (Å²) in [6, 6.07) is 0. The molecule has 0 aromatic rings. The van der Waals surface area contributed by atoms with Gasteiger partial charge in [0.15, 0.2) is 0 Å². The molecule has 0 saturated heterocycles. The fraction of sp³-hybridized carbons (Fsp3) is 0.333. The molecule has 0 aromatic heterocycles. The molecule has 0 aliphatic heterocycles. The molecule has 84 valence electrons. The third kappa shape index (κ3) is 2.61. The monoisotopic (exact) mass is 213 g/mol. The maximum absolute atomic E-state index is 5.63. The van der Waals surface area contributed by atoms with Gasteiger partial charge >= 0.3 is 0 Å². The van der Waals surface area contributed by atoms with E-state index in [4.69, 9.17) is 5.73 Å². The third-order valence-electron chi connectivity index (χ3n) is 3.14. The Bertz CT molecular complexity index is 405. The Kier molecular flexibility index (Phi) is 3.58. The van der Waals surface area contributed by atoms with Crippen molar-refractivity contribution < 1.29 is 0 Å². The molecule has 0 fully saturated rings. The zero-order chi connectivity index (χ0) is 11.4. The Morgan fingerprint density at radius 2 is 2.06 bits per heavy atom. The van der Waals surface area contributed by atoms with Gasteiger partial charge in [-0.3, -0.25) is 0 Å². The maximum atomic E-state index is 5.63. The first-order valence-corrected chi connectivity index (χ1v) is 5.95. The first kappa shape index (κ1) is 11.2. The van der Waals surface area contributed by atoms with Gasteiger partial charge in [-0.25, -0.2) is 0 Å². The molecule has 0 amide bonds. The van der Waals surface area contributed by atoms with E-state index < -0.39 is 0 Å². The van der Waals surface area contributed by atoms with Gasteiger partial charge in [0.2, 0.25) is 0 Å². The van der Waals surface area contributed by atoms with Crippen LogP contribution in [0.25, 0.3) is 0 Å². The van der Waals surface area contributed by atoms with Gasteiger partial charge in [0.1, 0.15) is 0 Å². The smallest absolute Gasteiger partial charge is 0.0140 e. The second-order valence-electron chi connectivity index (χ2n) is 4.45. The molecule has 0 bridgehead atoms. The van der Waals surface area contributed by atoms with E-state index in [1.54, 1.807) is 0 Å². The Balaban J connectivity index is 2.18. The summed E-state index contributed by atoms with van der Waals surface area (Å²) < 4.78 is 0. The van der Waals surface area contributed by atoms with E-state index in [0.717, 1.165) is 12.8 Å². The summed E-state index contributed by atoms with van der Waals surface area (Å²) in [6.07, 6.45) is 17.7. The molecule has 1 heteroatoms. The molecule has 2 aliphatic carbocycles. The van der Waals surface area contributed by atoms with Crippen molar-refractivity contribution in [3.63, 3.8) is 0 Å². The zero-order valence-electron chi connectivity index (χ0n) is 9.82. The van der Waals surface area contributed by atoms with E-state index in [1.807, 2.05) is 0 Å². The van der Waals surface area contributed by atoms with Crippen LogP contribution < -0.4 is 5.73 Å². The van der Waals surface area contributed by atoms with Crippen molar-refractivity contribution in [2.24, 2.45) is 11.7 Å². The van der Waals surface area contributed by atoms with Gasteiger partial charge in [0.25, 0.3) is 0 Å². The van der Waals surface area contributed by atoms with Crippen LogP contribution in [0.1, 0.15) is 19.8 Å². The predicted octanol–water partition coefficient (Wildman–Crippen LogP) is 3.28. The lowest BCUT2D eigenvalue weighted by molar-refractivity contribution is 0.883. The lowest BCUT2D eigenvalue weighted by atomic mass is 9.92. The number of nitrogens with two attached hydrogens (primary N) is 1. The van der Waals surface area contributed by atoms with E-state index in [0.29, 0.717) is 12.5 Å². The Morgan fingerprint density at radius 1 is 1.19 bits per heavy atom. The highest BCUT2D eigenvalue weighted by atomic mass is 14.5. The lowest BCUT2D eigenvalue weighted by Crippen LogP contribution is -2.06. The highest BCUT2D eigenvalue weighted by Crippen LogP contribution is 2.26. The third-order valence-corrected chi connectivity index (χ3v) is 3.14. The van der Waals surface area contributed by atoms with Gasteiger partial charge in [0, 0.05) is 6.54 Å². The molecule has 0 heterocycles. The van der Waals surface area contributed by atoms with Crippen LogP contribution >= 0.6 is 0 Å². The normalized spacial score (nSPS) is 24.6. The highest BCUT2D eigenvalue weighted by Gasteiger charge is 2.08. The molecule has 2 N–H and O–H groups in total. The molecular weight excluding hydrogens is 194 g/mol. The number of hydrogen-bond acceptors (Lipinski definition) is 1. The van der Waals surface area contributed by atoms with Crippen LogP contribution in [0.15, 0.2) is 59.3 Å². The van der Waals surface area contributed by atoms with Gasteiger partial charge in [-0.15, -0.1) is 0 Å². The Labute approximate surface area is 97.7 Å². The molecule has 1 nitrogen and oxygen atoms in total. The van der Waals surface area contributed by atoms with Crippen molar-refractivity contribution in [1.82, 2.24) is 0 Å². The van der Waals surface area contributed by atoms with Crippen molar-refractivity contribution in [3.8, 4) is 0 Å². The zero-order valence-corrected chi connectivity index (χ0v) is 9.82. The topological polar surface area (TPSA) is 26.0 Å². The van der Waals surface area contributed by atoms with Crippen LogP contribution in [0, 0.1) is 5.92 Å². The molecule has 0 spiro atoms. The largest absolute Gasteiger partial charge is 0.327 e. The van der Waals surface area contributed by atoms with Crippen LogP contribution in [-0.4, -0.2) is 6.54 Å². The summed E-state index contributed by atoms with van der Waals surface area (Å²) >= 11 is 0. The first-order valence-electron chi connectivity index (χ1n) is 5.95. The van der Waals surface area contributed by atoms with E-state index in [9.17, 15) is 0 Å². The van der Waals surface area contributed by atoms with Gasteiger partial charge in [0.05, 0.1) is 0 Å². The molecule has 1 unspecified atom stereocenters. The summed E-state index contributed by atoms with van der Waals surface area (Å²) in [5.41, 5.74) is 9.75. The minimum atomic E-state index is 0.535. The SMILES string of the molecule is CC1C=CC=C(C2=CC=C(CN)CC2)C=C1. The molecule has 2 rings (SSSR count). The number of rotatable bonds is 2. The minimum Gasteiger partial charge on any atom is -0.327 e. The van der Waals surface area contributed by atoms with Gasteiger partial charge in [-0.05, 0) is 29.9 Å². The highest BCUT2D eigenvalue weighted by molar-refractivity contribution is 5.47. The van der Waals surface area contributed by atoms with Gasteiger partial charge in [-0.1, -0.05) is 55.0 Å². The van der Waals surface area contributed by atoms with Crippen LogP contribution in [0.2, 0.25) is 0 Å². The van der Waals surface area contributed by atoms with Crippen LogP contribution in [0.5, 0.6) is 0 Å². The average Bonchev–Trinajstić information content (AvgIpc) is 2.54. The van der Waals surface area contributed by atoms with Crippen LogP contribution in [0.4, 0.5) is 0 Å². The van der Waals surface area contributed by atoms with E-state index >= 15 is 0 Å². The maximum Gasteiger partial charge on any atom is 0.0140 e. The van der Waals surface area contributed by atoms with Crippen LogP contribution in [-0.2, 0) is 0 Å². The second-order valence-corrected chi connectivity index (χ2v) is 4.45. The molecular formula is C15H19N. The fourth-order valence-electron chi connectivity index (χ4n) is 2.01. The first-order chi connectivity index (χ1) is 7.79.